The first-order chi connectivity index (χ1) is 16.4. The van der Waals surface area contributed by atoms with Crippen LogP contribution in [-0.4, -0.2) is 35.7 Å². The molecular weight excluding hydrogens is 439 g/mol. The molecule has 4 rings (SSSR count). The number of carbonyl (C=O) groups excluding carboxylic acids is 2. The molecule has 0 heterocycles. The van der Waals surface area contributed by atoms with Gasteiger partial charge in [0.1, 0.15) is 18.5 Å². The van der Waals surface area contributed by atoms with E-state index in [1.54, 1.807) is 6.92 Å². The van der Waals surface area contributed by atoms with Gasteiger partial charge in [0.25, 0.3) is 5.91 Å². The topological polar surface area (TPSA) is 105 Å². The average Bonchev–Trinajstić information content (AvgIpc) is 3.15. The zero-order valence-corrected chi connectivity index (χ0v) is 18.4. The molecule has 1 aliphatic carbocycles. The van der Waals surface area contributed by atoms with Gasteiger partial charge in [-0.3, -0.25) is 10.1 Å². The van der Waals surface area contributed by atoms with Crippen LogP contribution in [0.25, 0.3) is 11.1 Å². The lowest BCUT2D eigenvalue weighted by atomic mass is 9.98. The lowest BCUT2D eigenvalue weighted by Gasteiger charge is -2.17. The van der Waals surface area contributed by atoms with Crippen LogP contribution in [0.4, 0.5) is 14.9 Å². The van der Waals surface area contributed by atoms with Crippen molar-refractivity contribution in [3.63, 3.8) is 0 Å². The highest BCUT2D eigenvalue weighted by atomic mass is 19.1. The van der Waals surface area contributed by atoms with Crippen LogP contribution in [-0.2, 0) is 9.53 Å². The van der Waals surface area contributed by atoms with Gasteiger partial charge in [-0.05, 0) is 46.9 Å². The Kier molecular flexibility index (Phi) is 6.58. The molecule has 34 heavy (non-hydrogen) atoms. The van der Waals surface area contributed by atoms with Crippen LogP contribution in [0.2, 0.25) is 0 Å². The molecule has 0 bridgehead atoms. The molecule has 1 atom stereocenters. The molecular formula is C26H23FN2O5. The van der Waals surface area contributed by atoms with Crippen molar-refractivity contribution in [3.05, 3.63) is 89.2 Å². The largest absolute Gasteiger partial charge is 0.480 e. The van der Waals surface area contributed by atoms with Crippen molar-refractivity contribution in [1.82, 2.24) is 5.32 Å². The summed E-state index contributed by atoms with van der Waals surface area (Å²) in [7, 11) is 0. The number of carboxylic acids is 1. The number of carbonyl (C=O) groups is 3. The quantitative estimate of drug-likeness (QED) is 0.469. The Morgan fingerprint density at radius 1 is 1.00 bits per heavy atom. The van der Waals surface area contributed by atoms with Gasteiger partial charge in [-0.1, -0.05) is 55.5 Å². The van der Waals surface area contributed by atoms with Gasteiger partial charge in [0.05, 0.1) is 11.3 Å². The van der Waals surface area contributed by atoms with Crippen molar-refractivity contribution in [2.24, 2.45) is 0 Å². The lowest BCUT2D eigenvalue weighted by Crippen LogP contribution is -2.40. The highest BCUT2D eigenvalue weighted by molar-refractivity contribution is 6.03. The molecule has 1 aliphatic rings. The SMILES string of the molecule is CC[C@@H](NC(=O)c1cc(F)ccc1NC(=O)OCC1c2ccccc2-c2ccccc21)C(=O)O. The Morgan fingerprint density at radius 3 is 2.21 bits per heavy atom. The minimum Gasteiger partial charge on any atom is -0.480 e. The number of fused-ring (bicyclic) bond motifs is 3. The van der Waals surface area contributed by atoms with Crippen LogP contribution in [0.15, 0.2) is 66.7 Å². The van der Waals surface area contributed by atoms with E-state index in [0.717, 1.165) is 34.4 Å². The van der Waals surface area contributed by atoms with E-state index in [1.807, 2.05) is 48.5 Å². The monoisotopic (exact) mass is 462 g/mol. The Hall–Kier alpha value is -4.20. The third kappa shape index (κ3) is 4.61. The van der Waals surface area contributed by atoms with Crippen LogP contribution < -0.4 is 10.6 Å². The summed E-state index contributed by atoms with van der Waals surface area (Å²) < 4.78 is 19.3. The van der Waals surface area contributed by atoms with Crippen molar-refractivity contribution >= 4 is 23.7 Å². The molecule has 3 aromatic rings. The predicted octanol–water partition coefficient (Wildman–Crippen LogP) is 4.78. The van der Waals surface area contributed by atoms with E-state index in [2.05, 4.69) is 10.6 Å². The number of benzene rings is 3. The van der Waals surface area contributed by atoms with Crippen molar-refractivity contribution in [2.75, 3.05) is 11.9 Å². The molecule has 0 aliphatic heterocycles. The highest BCUT2D eigenvalue weighted by Crippen LogP contribution is 2.44. The van der Waals surface area contributed by atoms with Gasteiger partial charge in [0.2, 0.25) is 0 Å². The summed E-state index contributed by atoms with van der Waals surface area (Å²) in [5, 5.41) is 14.0. The molecule has 3 N–H and O–H groups in total. The normalized spacial score (nSPS) is 12.9. The van der Waals surface area contributed by atoms with Gasteiger partial charge < -0.3 is 15.2 Å². The Labute approximate surface area is 195 Å². The minimum atomic E-state index is -1.21. The van der Waals surface area contributed by atoms with E-state index in [-0.39, 0.29) is 30.2 Å². The van der Waals surface area contributed by atoms with E-state index in [4.69, 9.17) is 4.74 Å². The molecule has 7 nitrogen and oxygen atoms in total. The summed E-state index contributed by atoms with van der Waals surface area (Å²) in [5.74, 6) is -2.87. The second-order valence-electron chi connectivity index (χ2n) is 7.91. The van der Waals surface area contributed by atoms with E-state index in [1.165, 1.54) is 6.07 Å². The van der Waals surface area contributed by atoms with Gasteiger partial charge in [0.15, 0.2) is 0 Å². The molecule has 0 aromatic heterocycles. The second kappa shape index (κ2) is 9.74. The second-order valence-corrected chi connectivity index (χ2v) is 7.91. The molecule has 8 heteroatoms. The number of hydrogen-bond donors (Lipinski definition) is 3. The Bertz CT molecular complexity index is 1210. The maximum atomic E-state index is 13.8. The highest BCUT2D eigenvalue weighted by Gasteiger charge is 2.29. The van der Waals surface area contributed by atoms with Gasteiger partial charge in [-0.2, -0.15) is 0 Å². The van der Waals surface area contributed by atoms with Crippen LogP contribution >= 0.6 is 0 Å². The fourth-order valence-corrected chi connectivity index (χ4v) is 4.13. The summed E-state index contributed by atoms with van der Waals surface area (Å²) in [6.07, 6.45) is -0.668. The molecule has 0 saturated carbocycles. The third-order valence-corrected chi connectivity index (χ3v) is 5.82. The third-order valence-electron chi connectivity index (χ3n) is 5.82. The minimum absolute atomic E-state index is 0.0105. The maximum absolute atomic E-state index is 13.8. The first-order valence-electron chi connectivity index (χ1n) is 10.8. The molecule has 0 unspecified atom stereocenters. The molecule has 0 spiro atoms. The smallest absolute Gasteiger partial charge is 0.411 e. The fourth-order valence-electron chi connectivity index (χ4n) is 4.13. The van der Waals surface area contributed by atoms with E-state index < -0.39 is 29.8 Å². The van der Waals surface area contributed by atoms with E-state index in [9.17, 15) is 23.9 Å². The molecule has 0 radical (unpaired) electrons. The standard InChI is InChI=1S/C26H23FN2O5/c1-2-22(25(31)32)28-24(30)20-13-15(27)11-12-23(20)29-26(33)34-14-21-18-9-5-3-7-16(18)17-8-4-6-10-19(17)21/h3-13,21-22H,2,14H2,1H3,(H,28,30)(H,29,33)(H,31,32)/t22-/m1/s1. The molecule has 3 aromatic carbocycles. The molecule has 0 fully saturated rings. The number of aliphatic carboxylic acids is 1. The summed E-state index contributed by atoms with van der Waals surface area (Å²) in [6, 6.07) is 17.9. The van der Waals surface area contributed by atoms with Crippen molar-refractivity contribution in [3.8, 4) is 11.1 Å². The van der Waals surface area contributed by atoms with Gasteiger partial charge in [0, 0.05) is 5.92 Å². The summed E-state index contributed by atoms with van der Waals surface area (Å²) in [6.45, 7) is 1.67. The Balaban J connectivity index is 1.48. The fraction of sp³-hybridized carbons (Fsp3) is 0.192. The zero-order valence-electron chi connectivity index (χ0n) is 18.4. The average molecular weight is 462 g/mol. The van der Waals surface area contributed by atoms with E-state index >= 15 is 0 Å². The Morgan fingerprint density at radius 2 is 1.62 bits per heavy atom. The summed E-state index contributed by atoms with van der Waals surface area (Å²) in [5.41, 5.74) is 4.10. The van der Waals surface area contributed by atoms with Crippen LogP contribution in [0.3, 0.4) is 0 Å². The van der Waals surface area contributed by atoms with Gasteiger partial charge >= 0.3 is 12.1 Å². The molecule has 174 valence electrons. The van der Waals surface area contributed by atoms with Gasteiger partial charge in [-0.15, -0.1) is 0 Å². The number of carboxylic acid groups (broad SMARTS) is 1. The lowest BCUT2D eigenvalue weighted by molar-refractivity contribution is -0.139. The van der Waals surface area contributed by atoms with Crippen molar-refractivity contribution in [1.29, 1.82) is 0 Å². The number of nitrogens with one attached hydrogen (secondary N) is 2. The van der Waals surface area contributed by atoms with Crippen molar-refractivity contribution < 1.29 is 28.6 Å². The number of amides is 2. The van der Waals surface area contributed by atoms with Crippen LogP contribution in [0, 0.1) is 5.82 Å². The number of halogens is 1. The maximum Gasteiger partial charge on any atom is 0.411 e. The van der Waals surface area contributed by atoms with Crippen LogP contribution in [0.5, 0.6) is 0 Å². The number of rotatable bonds is 7. The first kappa shape index (κ1) is 23.0. The van der Waals surface area contributed by atoms with Crippen LogP contribution in [0.1, 0.15) is 40.7 Å². The number of anilines is 1. The van der Waals surface area contributed by atoms with E-state index in [0.29, 0.717) is 0 Å². The molecule has 0 saturated heterocycles. The number of hydrogen-bond acceptors (Lipinski definition) is 4. The van der Waals surface area contributed by atoms with Gasteiger partial charge in [-0.25, -0.2) is 14.0 Å². The predicted molar refractivity (Wildman–Crippen MR) is 124 cm³/mol. The van der Waals surface area contributed by atoms with Crippen molar-refractivity contribution in [2.45, 2.75) is 25.3 Å². The number of ether oxygens (including phenoxy) is 1. The zero-order chi connectivity index (χ0) is 24.2. The summed E-state index contributed by atoms with van der Waals surface area (Å²) >= 11 is 0. The molecule has 2 amide bonds. The first-order valence-corrected chi connectivity index (χ1v) is 10.8. The summed E-state index contributed by atoms with van der Waals surface area (Å²) in [4.78, 5) is 36.4.